The fourth-order valence-corrected chi connectivity index (χ4v) is 3.60. The van der Waals surface area contributed by atoms with Crippen molar-refractivity contribution in [2.45, 2.75) is 46.1 Å². The van der Waals surface area contributed by atoms with Gasteiger partial charge in [0.1, 0.15) is 0 Å². The molecule has 0 aliphatic carbocycles. The summed E-state index contributed by atoms with van der Waals surface area (Å²) in [4.78, 5) is 11.7. The van der Waals surface area contributed by atoms with Gasteiger partial charge in [0, 0.05) is 19.1 Å². The lowest BCUT2D eigenvalue weighted by atomic mass is 10.0. The van der Waals surface area contributed by atoms with Crippen molar-refractivity contribution < 1.29 is 17.9 Å². The predicted molar refractivity (Wildman–Crippen MR) is 72.7 cm³/mol. The third-order valence-electron chi connectivity index (χ3n) is 3.31. The molecule has 1 fully saturated rings. The van der Waals surface area contributed by atoms with E-state index in [-0.39, 0.29) is 24.5 Å². The monoisotopic (exact) mass is 292 g/mol. The second kappa shape index (κ2) is 7.21. The molecule has 0 saturated carbocycles. The smallest absolute Gasteiger partial charge is 0.310 e. The normalized spacial score (nSPS) is 23.0. The first kappa shape index (κ1) is 16.4. The first-order valence-corrected chi connectivity index (χ1v) is 8.28. The molecule has 1 aliphatic heterocycles. The van der Waals surface area contributed by atoms with Crippen LogP contribution < -0.4 is 4.72 Å². The summed E-state index contributed by atoms with van der Waals surface area (Å²) in [5, 5.41) is 0. The van der Waals surface area contributed by atoms with E-state index in [2.05, 4.69) is 4.72 Å². The van der Waals surface area contributed by atoms with Crippen LogP contribution >= 0.6 is 0 Å². The quantitative estimate of drug-likeness (QED) is 0.738. The van der Waals surface area contributed by atoms with Crippen LogP contribution in [0.1, 0.15) is 40.0 Å². The molecule has 112 valence electrons. The topological polar surface area (TPSA) is 75.7 Å². The first-order valence-electron chi connectivity index (χ1n) is 6.84. The number of nitrogens with one attached hydrogen (secondary N) is 1. The average Bonchev–Trinajstić information content (AvgIpc) is 2.38. The second-order valence-corrected chi connectivity index (χ2v) is 6.58. The average molecular weight is 292 g/mol. The van der Waals surface area contributed by atoms with Gasteiger partial charge in [-0.05, 0) is 33.1 Å². The number of carbonyl (C=O) groups excluding carboxylic acids is 1. The van der Waals surface area contributed by atoms with Crippen molar-refractivity contribution in [1.82, 2.24) is 9.03 Å². The third kappa shape index (κ3) is 4.74. The molecular weight excluding hydrogens is 268 g/mol. The molecule has 0 aromatic rings. The Bertz CT molecular complexity index is 397. The van der Waals surface area contributed by atoms with Crippen molar-refractivity contribution >= 4 is 16.2 Å². The van der Waals surface area contributed by atoms with Gasteiger partial charge in [0.05, 0.1) is 12.5 Å². The fraction of sp³-hybridized carbons (Fsp3) is 0.917. The number of hydrogen-bond acceptors (Lipinski definition) is 4. The Labute approximate surface area is 115 Å². The van der Waals surface area contributed by atoms with Gasteiger partial charge in [-0.3, -0.25) is 4.79 Å². The molecule has 1 heterocycles. The fourth-order valence-electron chi connectivity index (χ4n) is 2.03. The molecule has 0 radical (unpaired) electrons. The van der Waals surface area contributed by atoms with Crippen molar-refractivity contribution in [3.63, 3.8) is 0 Å². The lowest BCUT2D eigenvalue weighted by molar-refractivity contribution is -0.149. The molecule has 1 aliphatic rings. The summed E-state index contributed by atoms with van der Waals surface area (Å²) < 4.78 is 33.2. The minimum absolute atomic E-state index is 0.104. The van der Waals surface area contributed by atoms with Crippen LogP contribution in [0.5, 0.6) is 0 Å². The Morgan fingerprint density at radius 2 is 2.16 bits per heavy atom. The van der Waals surface area contributed by atoms with Crippen molar-refractivity contribution in [2.24, 2.45) is 5.92 Å². The van der Waals surface area contributed by atoms with Crippen molar-refractivity contribution in [1.29, 1.82) is 0 Å². The largest absolute Gasteiger partial charge is 0.466 e. The molecule has 1 rings (SSSR count). The van der Waals surface area contributed by atoms with Gasteiger partial charge >= 0.3 is 5.97 Å². The second-order valence-electron chi connectivity index (χ2n) is 4.88. The zero-order valence-electron chi connectivity index (χ0n) is 11.9. The van der Waals surface area contributed by atoms with Crippen LogP contribution in [0.3, 0.4) is 0 Å². The van der Waals surface area contributed by atoms with E-state index >= 15 is 0 Å². The van der Waals surface area contributed by atoms with Gasteiger partial charge in [-0.2, -0.15) is 17.4 Å². The summed E-state index contributed by atoms with van der Waals surface area (Å²) in [6, 6.07) is -0.104. The van der Waals surface area contributed by atoms with Crippen molar-refractivity contribution in [2.75, 3.05) is 19.7 Å². The van der Waals surface area contributed by atoms with E-state index in [9.17, 15) is 13.2 Å². The molecular formula is C12H24N2O4S. The summed E-state index contributed by atoms with van der Waals surface area (Å²) in [6.45, 7) is 6.49. The Morgan fingerprint density at radius 3 is 2.74 bits per heavy atom. The molecule has 0 unspecified atom stereocenters. The van der Waals surface area contributed by atoms with Gasteiger partial charge in [0.25, 0.3) is 10.2 Å². The van der Waals surface area contributed by atoms with E-state index in [1.54, 1.807) is 6.92 Å². The van der Waals surface area contributed by atoms with Crippen LogP contribution in [0.4, 0.5) is 0 Å². The molecule has 0 aromatic carbocycles. The summed E-state index contributed by atoms with van der Waals surface area (Å²) in [5.41, 5.74) is 0. The van der Waals surface area contributed by atoms with Crippen LogP contribution in [-0.2, 0) is 19.7 Å². The van der Waals surface area contributed by atoms with Gasteiger partial charge < -0.3 is 4.74 Å². The standard InChI is InChI=1S/C12H24N2O4S/c1-4-10(3)13-19(16,17)14-8-6-7-11(9-14)12(15)18-5-2/h10-11,13H,4-9H2,1-3H3/t10-,11-/m1/s1. The van der Waals surface area contributed by atoms with Gasteiger partial charge in [-0.15, -0.1) is 0 Å². The Morgan fingerprint density at radius 1 is 1.47 bits per heavy atom. The first-order chi connectivity index (χ1) is 8.90. The number of piperidine rings is 1. The van der Waals surface area contributed by atoms with E-state index in [0.717, 1.165) is 6.42 Å². The van der Waals surface area contributed by atoms with Crippen molar-refractivity contribution in [3.05, 3.63) is 0 Å². The number of rotatable bonds is 6. The van der Waals surface area contributed by atoms with Gasteiger partial charge in [0.2, 0.25) is 0 Å². The molecule has 0 spiro atoms. The highest BCUT2D eigenvalue weighted by Gasteiger charge is 2.33. The minimum atomic E-state index is -3.50. The Hall–Kier alpha value is -0.660. The maximum absolute atomic E-state index is 12.1. The van der Waals surface area contributed by atoms with Crippen LogP contribution in [-0.4, -0.2) is 44.4 Å². The van der Waals surface area contributed by atoms with E-state index in [0.29, 0.717) is 26.0 Å². The number of hydrogen-bond donors (Lipinski definition) is 1. The highest BCUT2D eigenvalue weighted by atomic mass is 32.2. The molecule has 19 heavy (non-hydrogen) atoms. The highest BCUT2D eigenvalue weighted by molar-refractivity contribution is 7.87. The number of esters is 1. The zero-order chi connectivity index (χ0) is 14.5. The number of nitrogens with zero attached hydrogens (tertiary/aromatic N) is 1. The molecule has 0 aromatic heterocycles. The molecule has 2 atom stereocenters. The van der Waals surface area contributed by atoms with Gasteiger partial charge in [-0.25, -0.2) is 0 Å². The summed E-state index contributed by atoms with van der Waals surface area (Å²) in [7, 11) is -3.50. The van der Waals surface area contributed by atoms with E-state index in [1.807, 2.05) is 13.8 Å². The summed E-state index contributed by atoms with van der Waals surface area (Å²) >= 11 is 0. The predicted octanol–water partition coefficient (Wildman–Crippen LogP) is 0.894. The molecule has 0 bridgehead atoms. The summed E-state index contributed by atoms with van der Waals surface area (Å²) in [5.74, 6) is -0.645. The van der Waals surface area contributed by atoms with Crippen molar-refractivity contribution in [3.8, 4) is 0 Å². The van der Waals surface area contributed by atoms with E-state index < -0.39 is 10.2 Å². The summed E-state index contributed by atoms with van der Waals surface area (Å²) in [6.07, 6.45) is 2.10. The maximum atomic E-state index is 12.1. The molecule has 6 nitrogen and oxygen atoms in total. The Balaban J connectivity index is 2.66. The molecule has 0 amide bonds. The lowest BCUT2D eigenvalue weighted by Crippen LogP contribution is -2.49. The number of ether oxygens (including phenoxy) is 1. The number of carbonyl (C=O) groups is 1. The minimum Gasteiger partial charge on any atom is -0.466 e. The third-order valence-corrected chi connectivity index (χ3v) is 5.02. The van der Waals surface area contributed by atoms with Gasteiger partial charge in [0.15, 0.2) is 0 Å². The maximum Gasteiger partial charge on any atom is 0.310 e. The SMILES string of the molecule is CCOC(=O)[C@@H]1CCCN(S(=O)(=O)N[C@H](C)CC)C1. The van der Waals surface area contributed by atoms with E-state index in [4.69, 9.17) is 4.74 Å². The zero-order valence-corrected chi connectivity index (χ0v) is 12.7. The Kier molecular flexibility index (Phi) is 6.22. The van der Waals surface area contributed by atoms with Crippen LogP contribution in [0.2, 0.25) is 0 Å². The van der Waals surface area contributed by atoms with Gasteiger partial charge in [-0.1, -0.05) is 6.92 Å². The van der Waals surface area contributed by atoms with E-state index in [1.165, 1.54) is 4.31 Å². The highest BCUT2D eigenvalue weighted by Crippen LogP contribution is 2.20. The van der Waals surface area contributed by atoms with Crippen LogP contribution in [0.25, 0.3) is 0 Å². The lowest BCUT2D eigenvalue weighted by Gasteiger charge is -2.31. The van der Waals surface area contributed by atoms with Crippen LogP contribution in [0, 0.1) is 5.92 Å². The van der Waals surface area contributed by atoms with Crippen LogP contribution in [0.15, 0.2) is 0 Å². The molecule has 1 N–H and O–H groups in total. The molecule has 7 heteroatoms. The molecule has 1 saturated heterocycles.